The molecule has 1 fully saturated rings. The van der Waals surface area contributed by atoms with Crippen LogP contribution < -0.4 is 5.32 Å². The van der Waals surface area contributed by atoms with Crippen molar-refractivity contribution in [3.8, 4) is 11.4 Å². The van der Waals surface area contributed by atoms with E-state index in [9.17, 15) is 14.4 Å². The van der Waals surface area contributed by atoms with E-state index >= 15 is 0 Å². The molecule has 1 atom stereocenters. The summed E-state index contributed by atoms with van der Waals surface area (Å²) in [6.45, 7) is 7.94. The summed E-state index contributed by atoms with van der Waals surface area (Å²) in [4.78, 5) is 52.2. The summed E-state index contributed by atoms with van der Waals surface area (Å²) in [5.41, 5.74) is 1.83. The highest BCUT2D eigenvalue weighted by Crippen LogP contribution is 2.25. The van der Waals surface area contributed by atoms with Crippen molar-refractivity contribution in [2.75, 3.05) is 25.0 Å². The van der Waals surface area contributed by atoms with Crippen LogP contribution in [-0.4, -0.2) is 69.5 Å². The van der Waals surface area contributed by atoms with Crippen LogP contribution in [0.5, 0.6) is 0 Å². The van der Waals surface area contributed by atoms with Gasteiger partial charge in [-0.3, -0.25) is 4.79 Å². The third-order valence-corrected chi connectivity index (χ3v) is 6.85. The Morgan fingerprint density at radius 3 is 2.37 bits per heavy atom. The molecule has 1 saturated heterocycles. The van der Waals surface area contributed by atoms with Gasteiger partial charge in [-0.1, -0.05) is 42.5 Å². The number of carbonyl (C=O) groups is 3. The van der Waals surface area contributed by atoms with Crippen LogP contribution in [-0.2, 0) is 4.74 Å². The Balaban J connectivity index is 1.59. The number of anilines is 1. The van der Waals surface area contributed by atoms with Gasteiger partial charge in [-0.2, -0.15) is 0 Å². The molecule has 0 saturated carbocycles. The second-order valence-corrected chi connectivity index (χ2v) is 10.2. The number of carbonyl (C=O) groups excluding carboxylic acids is 3. The van der Waals surface area contributed by atoms with E-state index in [1.54, 1.807) is 30.6 Å². The first-order valence-electron chi connectivity index (χ1n) is 12.4. The number of ether oxygens (including phenoxy) is 1. The van der Waals surface area contributed by atoms with Crippen LogP contribution in [0.15, 0.2) is 59.1 Å². The van der Waals surface area contributed by atoms with Crippen molar-refractivity contribution < 1.29 is 19.1 Å². The molecule has 2 aromatic carbocycles. The molecule has 0 bridgehead atoms. The zero-order valence-corrected chi connectivity index (χ0v) is 23.4. The molecule has 38 heavy (non-hydrogen) atoms. The predicted octanol–water partition coefficient (Wildman–Crippen LogP) is 5.16. The number of piperazine rings is 1. The molecule has 1 unspecified atom stereocenters. The van der Waals surface area contributed by atoms with Crippen molar-refractivity contribution in [2.45, 2.75) is 39.8 Å². The second kappa shape index (κ2) is 11.7. The maximum Gasteiger partial charge on any atom is 0.342 e. The molecule has 1 aliphatic rings. The maximum atomic E-state index is 13.8. The third kappa shape index (κ3) is 6.02. The Labute approximate surface area is 230 Å². The Hall–Kier alpha value is -3.79. The number of esters is 1. The minimum Gasteiger partial charge on any atom is -0.459 e. The first-order valence-corrected chi connectivity index (χ1v) is 13.2. The molecule has 3 aromatic rings. The zero-order chi connectivity index (χ0) is 27.4. The van der Waals surface area contributed by atoms with E-state index in [4.69, 9.17) is 4.74 Å². The lowest BCUT2D eigenvalue weighted by Crippen LogP contribution is -2.56. The van der Waals surface area contributed by atoms with Crippen LogP contribution in [0.4, 0.5) is 10.5 Å². The predicted molar refractivity (Wildman–Crippen MR) is 148 cm³/mol. The molecule has 0 radical (unpaired) electrons. The molecule has 2 heterocycles. The number of para-hydroxylation sites is 1. The number of nitrogens with one attached hydrogen (secondary N) is 1. The minimum absolute atomic E-state index is 0.000297. The SMILES string of the molecule is Cc1nc(-c2ccccc2)nc(C(=O)N2CCN(C(=O)Nc3ccccc3Br)C(C)C2)c1C(=O)OC(C)C. The Bertz CT molecular complexity index is 1350. The molecule has 1 aromatic heterocycles. The highest BCUT2D eigenvalue weighted by atomic mass is 79.9. The standard InChI is InChI=1S/C28H30BrN5O4/c1-17(2)38-27(36)23-19(4)30-25(20-10-6-5-7-11-20)32-24(23)26(35)33-14-15-34(18(3)16-33)28(37)31-22-13-9-8-12-21(22)29/h5-13,17-18H,14-16H2,1-4H3,(H,31,37). The fourth-order valence-corrected chi connectivity index (χ4v) is 4.69. The van der Waals surface area contributed by atoms with Crippen LogP contribution >= 0.6 is 15.9 Å². The average molecular weight is 580 g/mol. The Kier molecular flexibility index (Phi) is 8.41. The van der Waals surface area contributed by atoms with Gasteiger partial charge in [0.1, 0.15) is 11.3 Å². The number of amides is 3. The number of nitrogens with zero attached hydrogens (tertiary/aromatic N) is 4. The van der Waals surface area contributed by atoms with E-state index in [2.05, 4.69) is 31.2 Å². The highest BCUT2D eigenvalue weighted by molar-refractivity contribution is 9.10. The van der Waals surface area contributed by atoms with Crippen LogP contribution in [0.3, 0.4) is 0 Å². The van der Waals surface area contributed by atoms with Gasteiger partial charge >= 0.3 is 12.0 Å². The molecular weight excluding hydrogens is 550 g/mol. The summed E-state index contributed by atoms with van der Waals surface area (Å²) >= 11 is 3.44. The molecule has 0 spiro atoms. The molecular formula is C28H30BrN5O4. The van der Waals surface area contributed by atoms with Crippen LogP contribution in [0, 0.1) is 6.92 Å². The number of halogens is 1. The van der Waals surface area contributed by atoms with E-state index in [0.29, 0.717) is 23.8 Å². The normalized spacial score (nSPS) is 15.4. The van der Waals surface area contributed by atoms with Gasteiger partial charge in [0.25, 0.3) is 5.91 Å². The molecule has 10 heteroatoms. The smallest absolute Gasteiger partial charge is 0.342 e. The van der Waals surface area contributed by atoms with E-state index < -0.39 is 11.9 Å². The number of aryl methyl sites for hydroxylation is 1. The fourth-order valence-electron chi connectivity index (χ4n) is 4.30. The summed E-state index contributed by atoms with van der Waals surface area (Å²) in [6, 6.07) is 16.2. The van der Waals surface area contributed by atoms with Crippen molar-refractivity contribution in [3.05, 3.63) is 76.0 Å². The summed E-state index contributed by atoms with van der Waals surface area (Å²) in [7, 11) is 0. The molecule has 198 valence electrons. The number of urea groups is 1. The Morgan fingerprint density at radius 1 is 1.03 bits per heavy atom. The van der Waals surface area contributed by atoms with E-state index in [0.717, 1.165) is 10.0 Å². The summed E-state index contributed by atoms with van der Waals surface area (Å²) in [5.74, 6) is -0.687. The van der Waals surface area contributed by atoms with Crippen molar-refractivity contribution in [1.29, 1.82) is 0 Å². The van der Waals surface area contributed by atoms with Gasteiger partial charge in [-0.15, -0.1) is 0 Å². The van der Waals surface area contributed by atoms with Crippen molar-refractivity contribution in [2.24, 2.45) is 0 Å². The molecule has 0 aliphatic carbocycles. The highest BCUT2D eigenvalue weighted by Gasteiger charge is 2.34. The number of aromatic nitrogens is 2. The van der Waals surface area contributed by atoms with E-state index in [1.165, 1.54) is 0 Å². The van der Waals surface area contributed by atoms with Gasteiger partial charge in [0.05, 0.1) is 17.5 Å². The first kappa shape index (κ1) is 27.3. The largest absolute Gasteiger partial charge is 0.459 e. The topological polar surface area (TPSA) is 105 Å². The monoisotopic (exact) mass is 579 g/mol. The summed E-state index contributed by atoms with van der Waals surface area (Å²) < 4.78 is 6.20. The van der Waals surface area contributed by atoms with Crippen molar-refractivity contribution in [1.82, 2.24) is 19.8 Å². The number of benzene rings is 2. The summed E-state index contributed by atoms with van der Waals surface area (Å²) in [6.07, 6.45) is -0.370. The molecule has 4 rings (SSSR count). The van der Waals surface area contributed by atoms with Gasteiger partial charge in [0.2, 0.25) is 0 Å². The third-order valence-electron chi connectivity index (χ3n) is 6.16. The van der Waals surface area contributed by atoms with Gasteiger partial charge in [0.15, 0.2) is 5.82 Å². The molecule has 1 N–H and O–H groups in total. The van der Waals surface area contributed by atoms with Gasteiger partial charge in [-0.05, 0) is 55.8 Å². The van der Waals surface area contributed by atoms with Crippen LogP contribution in [0.1, 0.15) is 47.3 Å². The number of hydrogen-bond acceptors (Lipinski definition) is 6. The van der Waals surface area contributed by atoms with Gasteiger partial charge in [-0.25, -0.2) is 19.6 Å². The lowest BCUT2D eigenvalue weighted by molar-refractivity contribution is 0.0367. The lowest BCUT2D eigenvalue weighted by atomic mass is 10.1. The van der Waals surface area contributed by atoms with E-state index in [-0.39, 0.29) is 42.5 Å². The van der Waals surface area contributed by atoms with E-state index in [1.807, 2.05) is 61.5 Å². The lowest BCUT2D eigenvalue weighted by Gasteiger charge is -2.39. The molecule has 3 amide bonds. The first-order chi connectivity index (χ1) is 18.2. The van der Waals surface area contributed by atoms with Crippen molar-refractivity contribution >= 4 is 39.5 Å². The van der Waals surface area contributed by atoms with Crippen molar-refractivity contribution in [3.63, 3.8) is 0 Å². The molecule has 9 nitrogen and oxygen atoms in total. The molecule has 1 aliphatic heterocycles. The van der Waals surface area contributed by atoms with Gasteiger partial charge in [0, 0.05) is 35.7 Å². The van der Waals surface area contributed by atoms with Gasteiger partial charge < -0.3 is 19.9 Å². The summed E-state index contributed by atoms with van der Waals surface area (Å²) in [5, 5.41) is 2.92. The number of rotatable bonds is 5. The zero-order valence-electron chi connectivity index (χ0n) is 21.8. The minimum atomic E-state index is -0.639. The van der Waals surface area contributed by atoms with Crippen LogP contribution in [0.25, 0.3) is 11.4 Å². The fraction of sp³-hybridized carbons (Fsp3) is 0.321. The Morgan fingerprint density at radius 2 is 1.71 bits per heavy atom. The number of hydrogen-bond donors (Lipinski definition) is 1. The second-order valence-electron chi connectivity index (χ2n) is 9.38. The van der Waals surface area contributed by atoms with Crippen LogP contribution in [0.2, 0.25) is 0 Å². The quantitative estimate of drug-likeness (QED) is 0.419. The maximum absolute atomic E-state index is 13.8. The average Bonchev–Trinajstić information content (AvgIpc) is 2.89.